The highest BCUT2D eigenvalue weighted by Gasteiger charge is 2.37. The monoisotopic (exact) mass is 273 g/mol. The Morgan fingerprint density at radius 2 is 2.15 bits per heavy atom. The molecular formula is C16H19NO3. The molecule has 106 valence electrons. The first-order chi connectivity index (χ1) is 9.79. The zero-order valence-electron chi connectivity index (χ0n) is 11.5. The van der Waals surface area contributed by atoms with Crippen molar-refractivity contribution in [2.24, 2.45) is 5.92 Å². The summed E-state index contributed by atoms with van der Waals surface area (Å²) in [5, 5.41) is 0. The Morgan fingerprint density at radius 3 is 3.05 bits per heavy atom. The fourth-order valence-corrected chi connectivity index (χ4v) is 3.77. The number of rotatable bonds is 2. The van der Waals surface area contributed by atoms with E-state index < -0.39 is 0 Å². The molecule has 1 saturated carbocycles. The van der Waals surface area contributed by atoms with Crippen LogP contribution in [0.3, 0.4) is 0 Å². The summed E-state index contributed by atoms with van der Waals surface area (Å²) in [7, 11) is 0. The molecule has 4 heteroatoms. The second-order valence-electron chi connectivity index (χ2n) is 6.10. The van der Waals surface area contributed by atoms with Crippen LogP contribution in [0.4, 0.5) is 0 Å². The summed E-state index contributed by atoms with van der Waals surface area (Å²) in [6, 6.07) is 6.29. The molecule has 1 aromatic carbocycles. The highest BCUT2D eigenvalue weighted by atomic mass is 16.7. The topological polar surface area (TPSA) is 38.8 Å². The van der Waals surface area contributed by atoms with Crippen LogP contribution in [-0.2, 0) is 11.2 Å². The van der Waals surface area contributed by atoms with Crippen LogP contribution in [0.1, 0.15) is 31.2 Å². The molecule has 1 amide bonds. The summed E-state index contributed by atoms with van der Waals surface area (Å²) in [6.45, 7) is 1.25. The summed E-state index contributed by atoms with van der Waals surface area (Å²) in [5.74, 6) is 2.54. The Bertz CT molecular complexity index is 543. The van der Waals surface area contributed by atoms with Gasteiger partial charge in [0.1, 0.15) is 0 Å². The molecule has 1 aromatic rings. The number of nitrogens with zero attached hydrogens (tertiary/aromatic N) is 1. The van der Waals surface area contributed by atoms with Gasteiger partial charge in [-0.2, -0.15) is 0 Å². The molecule has 1 aliphatic carbocycles. The van der Waals surface area contributed by atoms with Crippen molar-refractivity contribution in [3.8, 4) is 11.5 Å². The van der Waals surface area contributed by atoms with Crippen molar-refractivity contribution >= 4 is 5.91 Å². The lowest BCUT2D eigenvalue weighted by Gasteiger charge is -2.24. The molecule has 0 spiro atoms. The number of likely N-dealkylation sites (tertiary alicyclic amines) is 1. The average molecular weight is 273 g/mol. The quantitative estimate of drug-likeness (QED) is 0.830. The molecule has 0 radical (unpaired) electrons. The van der Waals surface area contributed by atoms with E-state index in [4.69, 9.17) is 9.47 Å². The highest BCUT2D eigenvalue weighted by Crippen LogP contribution is 2.36. The molecule has 2 atom stereocenters. The first-order valence-corrected chi connectivity index (χ1v) is 7.47. The van der Waals surface area contributed by atoms with Crippen molar-refractivity contribution < 1.29 is 14.3 Å². The molecule has 0 N–H and O–H groups in total. The lowest BCUT2D eigenvalue weighted by atomic mass is 9.90. The van der Waals surface area contributed by atoms with Gasteiger partial charge in [0.05, 0.1) is 6.42 Å². The summed E-state index contributed by atoms with van der Waals surface area (Å²) in [4.78, 5) is 14.6. The minimum Gasteiger partial charge on any atom is -0.454 e. The molecular weight excluding hydrogens is 254 g/mol. The summed E-state index contributed by atoms with van der Waals surface area (Å²) >= 11 is 0. The SMILES string of the molecule is O=C(Cc1ccc2c(c1)OCO2)N1C[C@@H]2CCC[C@H]1C2. The van der Waals surface area contributed by atoms with Crippen LogP contribution >= 0.6 is 0 Å². The van der Waals surface area contributed by atoms with E-state index in [1.54, 1.807) is 0 Å². The normalized spacial score (nSPS) is 26.9. The lowest BCUT2D eigenvalue weighted by Crippen LogP contribution is -2.36. The number of carbonyl (C=O) groups is 1. The third-order valence-electron chi connectivity index (χ3n) is 4.76. The number of amides is 1. The Labute approximate surface area is 118 Å². The second kappa shape index (κ2) is 4.69. The van der Waals surface area contributed by atoms with Gasteiger partial charge in [0.25, 0.3) is 0 Å². The van der Waals surface area contributed by atoms with Gasteiger partial charge in [0.2, 0.25) is 12.7 Å². The molecule has 2 fully saturated rings. The zero-order valence-corrected chi connectivity index (χ0v) is 11.5. The van der Waals surface area contributed by atoms with Crippen molar-refractivity contribution in [1.82, 2.24) is 4.90 Å². The second-order valence-corrected chi connectivity index (χ2v) is 6.10. The molecule has 2 heterocycles. The average Bonchev–Trinajstić information content (AvgIpc) is 3.02. The number of hydrogen-bond donors (Lipinski definition) is 0. The van der Waals surface area contributed by atoms with Gasteiger partial charge in [0, 0.05) is 12.6 Å². The third kappa shape index (κ3) is 2.03. The third-order valence-corrected chi connectivity index (χ3v) is 4.76. The van der Waals surface area contributed by atoms with Gasteiger partial charge in [0.15, 0.2) is 11.5 Å². The molecule has 0 unspecified atom stereocenters. The first kappa shape index (κ1) is 12.1. The number of ether oxygens (including phenoxy) is 2. The molecule has 3 aliphatic rings. The molecule has 20 heavy (non-hydrogen) atoms. The van der Waals surface area contributed by atoms with Gasteiger partial charge < -0.3 is 14.4 Å². The number of fused-ring (bicyclic) bond motifs is 3. The Balaban J connectivity index is 1.47. The standard InChI is InChI=1S/C16H19NO3/c18-16(17-9-12-2-1-3-13(17)6-12)8-11-4-5-14-15(7-11)20-10-19-14/h4-5,7,12-13H,1-3,6,8-10H2/t12-,13+/m1/s1. The van der Waals surface area contributed by atoms with E-state index in [-0.39, 0.29) is 12.7 Å². The lowest BCUT2D eigenvalue weighted by molar-refractivity contribution is -0.131. The van der Waals surface area contributed by atoms with E-state index in [0.29, 0.717) is 12.5 Å². The molecule has 4 nitrogen and oxygen atoms in total. The highest BCUT2D eigenvalue weighted by molar-refractivity contribution is 5.79. The van der Waals surface area contributed by atoms with Gasteiger partial charge in [-0.1, -0.05) is 12.5 Å². The maximum Gasteiger partial charge on any atom is 0.231 e. The smallest absolute Gasteiger partial charge is 0.231 e. The molecule has 1 saturated heterocycles. The predicted octanol–water partition coefficient (Wildman–Crippen LogP) is 2.36. The number of hydrogen-bond acceptors (Lipinski definition) is 3. The van der Waals surface area contributed by atoms with E-state index in [9.17, 15) is 4.79 Å². The number of benzene rings is 1. The van der Waals surface area contributed by atoms with Crippen LogP contribution in [0, 0.1) is 5.92 Å². The number of carbonyl (C=O) groups excluding carboxylic acids is 1. The van der Waals surface area contributed by atoms with Crippen molar-refractivity contribution in [2.45, 2.75) is 38.1 Å². The van der Waals surface area contributed by atoms with E-state index in [1.807, 2.05) is 18.2 Å². The minimum atomic E-state index is 0.262. The van der Waals surface area contributed by atoms with Gasteiger partial charge in [-0.25, -0.2) is 0 Å². The minimum absolute atomic E-state index is 0.262. The molecule has 0 aromatic heterocycles. The van der Waals surface area contributed by atoms with Crippen LogP contribution in [0.25, 0.3) is 0 Å². The predicted molar refractivity (Wildman–Crippen MR) is 73.7 cm³/mol. The largest absolute Gasteiger partial charge is 0.454 e. The van der Waals surface area contributed by atoms with E-state index in [2.05, 4.69) is 4.90 Å². The van der Waals surface area contributed by atoms with Crippen molar-refractivity contribution in [3.63, 3.8) is 0 Å². The van der Waals surface area contributed by atoms with Crippen molar-refractivity contribution in [3.05, 3.63) is 23.8 Å². The van der Waals surface area contributed by atoms with Crippen LogP contribution in [0.15, 0.2) is 18.2 Å². The Morgan fingerprint density at radius 1 is 1.25 bits per heavy atom. The summed E-state index contributed by atoms with van der Waals surface area (Å²) in [5.41, 5.74) is 1.01. The summed E-state index contributed by atoms with van der Waals surface area (Å²) in [6.07, 6.45) is 5.45. The Kier molecular flexibility index (Phi) is 2.83. The fourth-order valence-electron chi connectivity index (χ4n) is 3.77. The van der Waals surface area contributed by atoms with E-state index >= 15 is 0 Å². The van der Waals surface area contributed by atoms with Crippen LogP contribution in [0.2, 0.25) is 0 Å². The van der Waals surface area contributed by atoms with Crippen LogP contribution in [0.5, 0.6) is 11.5 Å². The van der Waals surface area contributed by atoms with E-state index in [0.717, 1.165) is 29.5 Å². The van der Waals surface area contributed by atoms with E-state index in [1.165, 1.54) is 25.7 Å². The fraction of sp³-hybridized carbons (Fsp3) is 0.562. The zero-order chi connectivity index (χ0) is 13.5. The van der Waals surface area contributed by atoms with Crippen LogP contribution < -0.4 is 9.47 Å². The Hall–Kier alpha value is -1.71. The van der Waals surface area contributed by atoms with Crippen molar-refractivity contribution in [2.75, 3.05) is 13.3 Å². The van der Waals surface area contributed by atoms with Gasteiger partial charge in [-0.3, -0.25) is 4.79 Å². The first-order valence-electron chi connectivity index (χ1n) is 7.47. The maximum absolute atomic E-state index is 12.5. The maximum atomic E-state index is 12.5. The van der Waals surface area contributed by atoms with Crippen molar-refractivity contribution in [1.29, 1.82) is 0 Å². The van der Waals surface area contributed by atoms with Gasteiger partial charge in [-0.15, -0.1) is 0 Å². The van der Waals surface area contributed by atoms with Gasteiger partial charge in [-0.05, 0) is 42.9 Å². The van der Waals surface area contributed by atoms with Crippen LogP contribution in [-0.4, -0.2) is 30.2 Å². The molecule has 4 rings (SSSR count). The summed E-state index contributed by atoms with van der Waals surface area (Å²) < 4.78 is 10.7. The molecule has 2 bridgehead atoms. The molecule has 2 aliphatic heterocycles. The van der Waals surface area contributed by atoms with Gasteiger partial charge >= 0.3 is 0 Å².